The van der Waals surface area contributed by atoms with Gasteiger partial charge in [0, 0.05) is 6.04 Å². The van der Waals surface area contributed by atoms with Gasteiger partial charge in [0.05, 0.1) is 5.38 Å². The van der Waals surface area contributed by atoms with E-state index in [-0.39, 0.29) is 16.6 Å². The first-order valence-corrected chi connectivity index (χ1v) is 7.03. The topological polar surface area (TPSA) is 37.8 Å². The minimum atomic E-state index is -4.43. The molecule has 1 aliphatic rings. The predicted octanol–water partition coefficient (Wildman–Crippen LogP) is 3.91. The van der Waals surface area contributed by atoms with Crippen molar-refractivity contribution in [2.45, 2.75) is 49.7 Å². The van der Waals surface area contributed by atoms with Gasteiger partial charge in [0.2, 0.25) is 10.1 Å². The largest absolute Gasteiger partial charge is 0.445 e. The maximum absolute atomic E-state index is 12.4. The number of nitrogens with zero attached hydrogens (tertiary/aromatic N) is 2. The second-order valence-electron chi connectivity index (χ2n) is 4.31. The molecule has 1 aliphatic carbocycles. The lowest BCUT2D eigenvalue weighted by Crippen LogP contribution is -2.28. The molecule has 1 fully saturated rings. The van der Waals surface area contributed by atoms with Crippen LogP contribution in [-0.4, -0.2) is 21.6 Å². The summed E-state index contributed by atoms with van der Waals surface area (Å²) in [6, 6.07) is -0.0248. The summed E-state index contributed by atoms with van der Waals surface area (Å²) in [6.45, 7) is 0. The van der Waals surface area contributed by atoms with Gasteiger partial charge >= 0.3 is 6.18 Å². The van der Waals surface area contributed by atoms with Gasteiger partial charge in [-0.2, -0.15) is 13.2 Å². The second kappa shape index (κ2) is 5.61. The number of alkyl halides is 4. The van der Waals surface area contributed by atoms with Gasteiger partial charge in [0.15, 0.2) is 0 Å². The highest BCUT2D eigenvalue weighted by molar-refractivity contribution is 7.15. The lowest BCUT2D eigenvalue weighted by Gasteiger charge is -2.20. The Labute approximate surface area is 112 Å². The van der Waals surface area contributed by atoms with Crippen LogP contribution in [0.1, 0.15) is 37.1 Å². The van der Waals surface area contributed by atoms with Crippen LogP contribution < -0.4 is 5.32 Å². The van der Waals surface area contributed by atoms with Crippen molar-refractivity contribution in [1.29, 1.82) is 0 Å². The molecule has 0 aromatic carbocycles. The van der Waals surface area contributed by atoms with E-state index >= 15 is 0 Å². The van der Waals surface area contributed by atoms with Crippen LogP contribution in [0.2, 0.25) is 0 Å². The van der Waals surface area contributed by atoms with Crippen molar-refractivity contribution in [3.8, 4) is 0 Å². The molecular weight excluding hydrogens is 287 g/mol. The van der Waals surface area contributed by atoms with Crippen LogP contribution in [0.5, 0.6) is 0 Å². The predicted molar refractivity (Wildman–Crippen MR) is 65.0 cm³/mol. The van der Waals surface area contributed by atoms with Gasteiger partial charge in [0.25, 0.3) is 0 Å². The van der Waals surface area contributed by atoms with E-state index in [1.807, 2.05) is 0 Å². The quantitative estimate of drug-likeness (QED) is 0.664. The maximum atomic E-state index is 12.4. The lowest BCUT2D eigenvalue weighted by molar-refractivity contribution is -0.138. The minimum Gasteiger partial charge on any atom is -0.356 e. The highest BCUT2D eigenvalue weighted by atomic mass is 35.5. The molecule has 1 saturated carbocycles. The van der Waals surface area contributed by atoms with Crippen molar-refractivity contribution < 1.29 is 13.2 Å². The standard InChI is InChI=1S/C10H13ClF3N3S/c11-6-4-2-1-3-5-7(6)15-9-17-16-8(18-9)10(12,13)14/h6-7H,1-5H2,(H,15,17). The van der Waals surface area contributed by atoms with Gasteiger partial charge in [-0.1, -0.05) is 30.6 Å². The molecule has 0 bridgehead atoms. The Morgan fingerprint density at radius 3 is 2.56 bits per heavy atom. The summed E-state index contributed by atoms with van der Waals surface area (Å²) in [7, 11) is 0. The van der Waals surface area contributed by atoms with E-state index in [4.69, 9.17) is 11.6 Å². The van der Waals surface area contributed by atoms with Crippen molar-refractivity contribution in [2.75, 3.05) is 5.32 Å². The average Bonchev–Trinajstić information content (AvgIpc) is 2.66. The Morgan fingerprint density at radius 2 is 1.89 bits per heavy atom. The molecule has 1 aromatic rings. The Kier molecular flexibility index (Phi) is 4.32. The van der Waals surface area contributed by atoms with E-state index in [0.717, 1.165) is 32.1 Å². The molecule has 1 aromatic heterocycles. The first kappa shape index (κ1) is 13.9. The molecule has 3 nitrogen and oxygen atoms in total. The smallest absolute Gasteiger partial charge is 0.356 e. The van der Waals surface area contributed by atoms with Crippen molar-refractivity contribution >= 4 is 28.1 Å². The molecule has 0 spiro atoms. The fourth-order valence-corrected chi connectivity index (χ4v) is 3.00. The normalized spacial score (nSPS) is 25.8. The molecule has 2 unspecified atom stereocenters. The van der Waals surface area contributed by atoms with Gasteiger partial charge in [-0.25, -0.2) is 0 Å². The highest BCUT2D eigenvalue weighted by Crippen LogP contribution is 2.34. The summed E-state index contributed by atoms with van der Waals surface area (Å²) < 4.78 is 37.1. The number of hydrogen-bond acceptors (Lipinski definition) is 4. The van der Waals surface area contributed by atoms with Crippen molar-refractivity contribution in [3.05, 3.63) is 5.01 Å². The third kappa shape index (κ3) is 3.47. The molecular formula is C10H13ClF3N3S. The number of hydrogen-bond donors (Lipinski definition) is 1. The Morgan fingerprint density at radius 1 is 1.17 bits per heavy atom. The summed E-state index contributed by atoms with van der Waals surface area (Å²) in [5, 5.41) is 8.84. The summed E-state index contributed by atoms with van der Waals surface area (Å²) in [6.07, 6.45) is 0.522. The van der Waals surface area contributed by atoms with E-state index in [2.05, 4.69) is 15.5 Å². The molecule has 2 atom stereocenters. The maximum Gasteiger partial charge on any atom is 0.445 e. The van der Waals surface area contributed by atoms with Crippen LogP contribution >= 0.6 is 22.9 Å². The number of anilines is 1. The van der Waals surface area contributed by atoms with Crippen molar-refractivity contribution in [3.63, 3.8) is 0 Å². The van der Waals surface area contributed by atoms with Crippen LogP contribution in [0.4, 0.5) is 18.3 Å². The SMILES string of the molecule is FC(F)(F)c1nnc(NC2CCCCCC2Cl)s1. The van der Waals surface area contributed by atoms with E-state index in [1.165, 1.54) is 0 Å². The molecule has 0 radical (unpaired) electrons. The second-order valence-corrected chi connectivity index (χ2v) is 5.85. The summed E-state index contributed by atoms with van der Waals surface area (Å²) >= 11 is 6.73. The van der Waals surface area contributed by atoms with E-state index in [1.54, 1.807) is 0 Å². The molecule has 18 heavy (non-hydrogen) atoms. The fraction of sp³-hybridized carbons (Fsp3) is 0.800. The van der Waals surface area contributed by atoms with Gasteiger partial charge in [-0.05, 0) is 12.8 Å². The average molecular weight is 300 g/mol. The van der Waals surface area contributed by atoms with E-state index in [0.29, 0.717) is 11.3 Å². The third-order valence-corrected chi connectivity index (χ3v) is 4.33. The minimum absolute atomic E-state index is 0.0248. The summed E-state index contributed by atoms with van der Waals surface area (Å²) in [4.78, 5) is 0. The number of aromatic nitrogens is 2. The van der Waals surface area contributed by atoms with Crippen LogP contribution in [0, 0.1) is 0 Å². The number of nitrogens with one attached hydrogen (secondary N) is 1. The van der Waals surface area contributed by atoms with E-state index < -0.39 is 11.2 Å². The molecule has 1 heterocycles. The molecule has 2 rings (SSSR count). The van der Waals surface area contributed by atoms with E-state index in [9.17, 15) is 13.2 Å². The Hall–Kier alpha value is -0.560. The number of halogens is 4. The molecule has 1 N–H and O–H groups in total. The fourth-order valence-electron chi connectivity index (χ4n) is 1.98. The lowest BCUT2D eigenvalue weighted by atomic mass is 10.1. The van der Waals surface area contributed by atoms with Crippen LogP contribution in [0.15, 0.2) is 0 Å². The zero-order valence-electron chi connectivity index (χ0n) is 9.50. The third-order valence-electron chi connectivity index (χ3n) is 2.91. The van der Waals surface area contributed by atoms with Gasteiger partial charge in [-0.3, -0.25) is 0 Å². The first-order chi connectivity index (χ1) is 8.47. The van der Waals surface area contributed by atoms with Crippen LogP contribution in [0.25, 0.3) is 0 Å². The Balaban J connectivity index is 2.02. The monoisotopic (exact) mass is 299 g/mol. The zero-order valence-corrected chi connectivity index (χ0v) is 11.1. The Bertz CT molecular complexity index is 396. The van der Waals surface area contributed by atoms with Crippen molar-refractivity contribution in [1.82, 2.24) is 10.2 Å². The van der Waals surface area contributed by atoms with Crippen LogP contribution in [-0.2, 0) is 6.18 Å². The van der Waals surface area contributed by atoms with Gasteiger partial charge in [0.1, 0.15) is 0 Å². The van der Waals surface area contributed by atoms with Gasteiger partial charge < -0.3 is 5.32 Å². The highest BCUT2D eigenvalue weighted by Gasteiger charge is 2.36. The zero-order chi connectivity index (χ0) is 13.2. The summed E-state index contributed by atoms with van der Waals surface area (Å²) in [5.74, 6) is 0. The molecule has 102 valence electrons. The molecule has 0 amide bonds. The van der Waals surface area contributed by atoms with Crippen LogP contribution in [0.3, 0.4) is 0 Å². The van der Waals surface area contributed by atoms with Gasteiger partial charge in [-0.15, -0.1) is 21.8 Å². The number of rotatable bonds is 2. The first-order valence-electron chi connectivity index (χ1n) is 5.78. The summed E-state index contributed by atoms with van der Waals surface area (Å²) in [5.41, 5.74) is 0. The molecule has 0 saturated heterocycles. The molecule has 0 aliphatic heterocycles. The van der Waals surface area contributed by atoms with Crippen molar-refractivity contribution in [2.24, 2.45) is 0 Å². The molecule has 8 heteroatoms.